The predicted molar refractivity (Wildman–Crippen MR) is 58.1 cm³/mol. The first kappa shape index (κ1) is 11.3. The lowest BCUT2D eigenvalue weighted by Gasteiger charge is -2.12. The van der Waals surface area contributed by atoms with Gasteiger partial charge in [0, 0.05) is 11.6 Å². The van der Waals surface area contributed by atoms with Gasteiger partial charge < -0.3 is 9.84 Å². The molecule has 1 aromatic rings. The van der Waals surface area contributed by atoms with E-state index in [9.17, 15) is 0 Å². The summed E-state index contributed by atoms with van der Waals surface area (Å²) in [6, 6.07) is 3.69. The van der Waals surface area contributed by atoms with Crippen LogP contribution >= 0.6 is 11.6 Å². The maximum absolute atomic E-state index is 8.78. The van der Waals surface area contributed by atoms with Crippen molar-refractivity contribution in [1.29, 1.82) is 0 Å². The predicted octanol–water partition coefficient (Wildman–Crippen LogP) is 2.58. The molecule has 3 heteroatoms. The highest BCUT2D eigenvalue weighted by Gasteiger charge is 2.08. The molecule has 0 unspecified atom stereocenters. The number of rotatable bonds is 4. The Labute approximate surface area is 89.5 Å². The minimum Gasteiger partial charge on any atom is -0.496 e. The van der Waals surface area contributed by atoms with Gasteiger partial charge in [0.05, 0.1) is 7.11 Å². The maximum Gasteiger partial charge on any atom is 0.122 e. The highest BCUT2D eigenvalue weighted by Crippen LogP contribution is 2.28. The zero-order valence-electron chi connectivity index (χ0n) is 8.51. The molecule has 0 fully saturated rings. The molecule has 1 N–H and O–H groups in total. The van der Waals surface area contributed by atoms with E-state index in [0.717, 1.165) is 34.7 Å². The summed E-state index contributed by atoms with van der Waals surface area (Å²) in [5, 5.41) is 9.53. The standard InChI is InChI=1S/C11H15ClO2/c1-8-9(4-3-7-13)11(14-2)6-5-10(8)12/h5-6,13H,3-4,7H2,1-2H3. The van der Waals surface area contributed by atoms with Crippen LogP contribution in [0.1, 0.15) is 17.5 Å². The van der Waals surface area contributed by atoms with Gasteiger partial charge in [-0.05, 0) is 43.0 Å². The number of aliphatic hydroxyl groups excluding tert-OH is 1. The maximum atomic E-state index is 8.78. The molecule has 0 spiro atoms. The van der Waals surface area contributed by atoms with Gasteiger partial charge in [-0.1, -0.05) is 11.6 Å². The molecule has 2 nitrogen and oxygen atoms in total. The first-order valence-corrected chi connectivity index (χ1v) is 5.01. The van der Waals surface area contributed by atoms with E-state index < -0.39 is 0 Å². The van der Waals surface area contributed by atoms with Gasteiger partial charge in [-0.2, -0.15) is 0 Å². The van der Waals surface area contributed by atoms with Crippen LogP contribution in [-0.4, -0.2) is 18.8 Å². The summed E-state index contributed by atoms with van der Waals surface area (Å²) in [5.74, 6) is 0.848. The van der Waals surface area contributed by atoms with E-state index in [-0.39, 0.29) is 6.61 Å². The third kappa shape index (κ3) is 2.40. The largest absolute Gasteiger partial charge is 0.496 e. The number of aliphatic hydroxyl groups is 1. The van der Waals surface area contributed by atoms with Crippen LogP contribution in [-0.2, 0) is 6.42 Å². The SMILES string of the molecule is COc1ccc(Cl)c(C)c1CCCO. The zero-order valence-corrected chi connectivity index (χ0v) is 9.27. The lowest BCUT2D eigenvalue weighted by Crippen LogP contribution is -1.98. The highest BCUT2D eigenvalue weighted by atomic mass is 35.5. The smallest absolute Gasteiger partial charge is 0.122 e. The van der Waals surface area contributed by atoms with Gasteiger partial charge >= 0.3 is 0 Å². The van der Waals surface area contributed by atoms with Crippen molar-refractivity contribution >= 4 is 11.6 Å². The summed E-state index contributed by atoms with van der Waals surface area (Å²) < 4.78 is 5.24. The van der Waals surface area contributed by atoms with Crippen LogP contribution in [0.3, 0.4) is 0 Å². The molecule has 0 aromatic heterocycles. The van der Waals surface area contributed by atoms with E-state index in [1.165, 1.54) is 0 Å². The number of hydrogen-bond donors (Lipinski definition) is 1. The van der Waals surface area contributed by atoms with Crippen molar-refractivity contribution in [2.24, 2.45) is 0 Å². The fourth-order valence-corrected chi connectivity index (χ4v) is 1.64. The summed E-state index contributed by atoms with van der Waals surface area (Å²) in [6.45, 7) is 2.16. The molecule has 0 saturated carbocycles. The van der Waals surface area contributed by atoms with Gasteiger partial charge in [0.1, 0.15) is 5.75 Å². The van der Waals surface area contributed by atoms with Crippen LogP contribution in [0.15, 0.2) is 12.1 Å². The molecule has 0 aliphatic heterocycles. The topological polar surface area (TPSA) is 29.5 Å². The van der Waals surface area contributed by atoms with Crippen LogP contribution in [0.2, 0.25) is 5.02 Å². The molecule has 0 saturated heterocycles. The Bertz CT molecular complexity index is 310. The second kappa shape index (κ2) is 5.23. The van der Waals surface area contributed by atoms with Gasteiger partial charge in [0.15, 0.2) is 0 Å². The third-order valence-corrected chi connectivity index (χ3v) is 2.70. The fraction of sp³-hybridized carbons (Fsp3) is 0.455. The second-order valence-corrected chi connectivity index (χ2v) is 3.59. The average molecular weight is 215 g/mol. The van der Waals surface area contributed by atoms with Crippen molar-refractivity contribution < 1.29 is 9.84 Å². The van der Waals surface area contributed by atoms with Crippen molar-refractivity contribution in [3.05, 3.63) is 28.3 Å². The van der Waals surface area contributed by atoms with E-state index >= 15 is 0 Å². The Hall–Kier alpha value is -0.730. The lowest BCUT2D eigenvalue weighted by atomic mass is 10.0. The first-order chi connectivity index (χ1) is 6.70. The van der Waals surface area contributed by atoms with E-state index in [0.29, 0.717) is 0 Å². The molecule has 0 atom stereocenters. The number of hydrogen-bond acceptors (Lipinski definition) is 2. The fourth-order valence-electron chi connectivity index (χ4n) is 1.46. The Morgan fingerprint density at radius 2 is 2.14 bits per heavy atom. The van der Waals surface area contributed by atoms with Crippen LogP contribution < -0.4 is 4.74 Å². The van der Waals surface area contributed by atoms with Crippen molar-refractivity contribution in [2.45, 2.75) is 19.8 Å². The zero-order chi connectivity index (χ0) is 10.6. The van der Waals surface area contributed by atoms with Crippen molar-refractivity contribution in [1.82, 2.24) is 0 Å². The van der Waals surface area contributed by atoms with Crippen LogP contribution in [0.25, 0.3) is 0 Å². The average Bonchev–Trinajstić information content (AvgIpc) is 2.20. The van der Waals surface area contributed by atoms with E-state index in [1.54, 1.807) is 7.11 Å². The number of benzene rings is 1. The van der Waals surface area contributed by atoms with E-state index in [4.69, 9.17) is 21.4 Å². The molecular weight excluding hydrogens is 200 g/mol. The molecule has 0 heterocycles. The second-order valence-electron chi connectivity index (χ2n) is 3.18. The minimum atomic E-state index is 0.190. The Kier molecular flexibility index (Phi) is 4.23. The van der Waals surface area contributed by atoms with E-state index in [2.05, 4.69) is 0 Å². The molecule has 78 valence electrons. The summed E-state index contributed by atoms with van der Waals surface area (Å²) >= 11 is 6.00. The van der Waals surface area contributed by atoms with Crippen LogP contribution in [0, 0.1) is 6.92 Å². The van der Waals surface area contributed by atoms with Gasteiger partial charge in [0.25, 0.3) is 0 Å². The third-order valence-electron chi connectivity index (χ3n) is 2.29. The monoisotopic (exact) mass is 214 g/mol. The first-order valence-electron chi connectivity index (χ1n) is 4.63. The molecule has 0 amide bonds. The van der Waals surface area contributed by atoms with Gasteiger partial charge in [-0.3, -0.25) is 0 Å². The number of ether oxygens (including phenoxy) is 1. The summed E-state index contributed by atoms with van der Waals surface area (Å²) in [6.07, 6.45) is 1.53. The summed E-state index contributed by atoms with van der Waals surface area (Å²) in [7, 11) is 1.64. The number of methoxy groups -OCH3 is 1. The minimum absolute atomic E-state index is 0.190. The quantitative estimate of drug-likeness (QED) is 0.835. The number of halogens is 1. The van der Waals surface area contributed by atoms with Gasteiger partial charge in [-0.15, -0.1) is 0 Å². The Balaban J connectivity index is 3.01. The molecule has 1 rings (SSSR count). The molecule has 0 bridgehead atoms. The van der Waals surface area contributed by atoms with Crippen molar-refractivity contribution in [3.63, 3.8) is 0 Å². The van der Waals surface area contributed by atoms with Gasteiger partial charge in [-0.25, -0.2) is 0 Å². The normalized spacial score (nSPS) is 10.3. The van der Waals surface area contributed by atoms with Crippen molar-refractivity contribution in [2.75, 3.05) is 13.7 Å². The highest BCUT2D eigenvalue weighted by molar-refractivity contribution is 6.31. The van der Waals surface area contributed by atoms with Crippen LogP contribution in [0.5, 0.6) is 5.75 Å². The molecular formula is C11H15ClO2. The van der Waals surface area contributed by atoms with Crippen molar-refractivity contribution in [3.8, 4) is 5.75 Å². The van der Waals surface area contributed by atoms with Gasteiger partial charge in [0.2, 0.25) is 0 Å². The lowest BCUT2D eigenvalue weighted by molar-refractivity contribution is 0.287. The molecule has 14 heavy (non-hydrogen) atoms. The molecule has 1 aromatic carbocycles. The summed E-state index contributed by atoms with van der Waals surface area (Å²) in [4.78, 5) is 0. The molecule has 0 aliphatic rings. The summed E-state index contributed by atoms with van der Waals surface area (Å²) in [5.41, 5.74) is 2.13. The van der Waals surface area contributed by atoms with Crippen LogP contribution in [0.4, 0.5) is 0 Å². The molecule has 0 radical (unpaired) electrons. The molecule has 0 aliphatic carbocycles. The Morgan fingerprint density at radius 3 is 2.71 bits per heavy atom. The Morgan fingerprint density at radius 1 is 1.43 bits per heavy atom. The van der Waals surface area contributed by atoms with E-state index in [1.807, 2.05) is 19.1 Å².